The molecule has 20 heavy (non-hydrogen) atoms. The van der Waals surface area contributed by atoms with Crippen molar-refractivity contribution in [2.45, 2.75) is 6.42 Å². The molecule has 98 valence electrons. The number of ketones is 1. The van der Waals surface area contributed by atoms with Gasteiger partial charge in [-0.3, -0.25) is 14.8 Å². The van der Waals surface area contributed by atoms with Crippen LogP contribution in [0.25, 0.3) is 11.0 Å². The van der Waals surface area contributed by atoms with Crippen LogP contribution in [-0.2, 0) is 6.42 Å². The first-order valence-corrected chi connectivity index (χ1v) is 6.59. The fourth-order valence-corrected chi connectivity index (χ4v) is 2.23. The maximum Gasteiger partial charge on any atom is 0.169 e. The Labute approximate surface area is 121 Å². The SMILES string of the molecule is O=C(Cc1ccc(Cl)cc1)c1cccc2nccnc12. The van der Waals surface area contributed by atoms with E-state index in [4.69, 9.17) is 11.6 Å². The number of benzene rings is 2. The van der Waals surface area contributed by atoms with E-state index < -0.39 is 0 Å². The predicted molar refractivity (Wildman–Crippen MR) is 79.0 cm³/mol. The van der Waals surface area contributed by atoms with Crippen LogP contribution < -0.4 is 0 Å². The van der Waals surface area contributed by atoms with Crippen molar-refractivity contribution in [2.75, 3.05) is 0 Å². The van der Waals surface area contributed by atoms with Crippen molar-refractivity contribution in [1.29, 1.82) is 0 Å². The van der Waals surface area contributed by atoms with Gasteiger partial charge in [-0.15, -0.1) is 0 Å². The van der Waals surface area contributed by atoms with E-state index in [0.717, 1.165) is 11.1 Å². The fourth-order valence-electron chi connectivity index (χ4n) is 2.10. The van der Waals surface area contributed by atoms with Crippen molar-refractivity contribution in [3.63, 3.8) is 0 Å². The van der Waals surface area contributed by atoms with E-state index in [9.17, 15) is 4.79 Å². The van der Waals surface area contributed by atoms with Crippen LogP contribution in [0.4, 0.5) is 0 Å². The van der Waals surface area contributed by atoms with Gasteiger partial charge < -0.3 is 0 Å². The van der Waals surface area contributed by atoms with E-state index in [2.05, 4.69) is 9.97 Å². The van der Waals surface area contributed by atoms with E-state index >= 15 is 0 Å². The first kappa shape index (κ1) is 12.8. The van der Waals surface area contributed by atoms with E-state index in [-0.39, 0.29) is 5.78 Å². The summed E-state index contributed by atoms with van der Waals surface area (Å²) in [5.74, 6) is 0.0263. The molecule has 0 saturated carbocycles. The summed E-state index contributed by atoms with van der Waals surface area (Å²) in [6.07, 6.45) is 3.55. The third-order valence-electron chi connectivity index (χ3n) is 3.08. The van der Waals surface area contributed by atoms with Crippen LogP contribution in [0.5, 0.6) is 0 Å². The molecule has 3 aromatic rings. The molecule has 0 unspecified atom stereocenters. The lowest BCUT2D eigenvalue weighted by molar-refractivity contribution is 0.0994. The van der Waals surface area contributed by atoms with Gasteiger partial charge >= 0.3 is 0 Å². The first-order valence-electron chi connectivity index (χ1n) is 6.21. The number of para-hydroxylation sites is 1. The summed E-state index contributed by atoms with van der Waals surface area (Å²) >= 11 is 5.84. The van der Waals surface area contributed by atoms with Gasteiger partial charge in [-0.1, -0.05) is 29.8 Å². The van der Waals surface area contributed by atoms with Crippen LogP contribution in [0, 0.1) is 0 Å². The second kappa shape index (κ2) is 5.39. The molecule has 0 aliphatic heterocycles. The highest BCUT2D eigenvalue weighted by Gasteiger charge is 2.12. The minimum Gasteiger partial charge on any atom is -0.294 e. The monoisotopic (exact) mass is 282 g/mol. The molecular formula is C16H11ClN2O. The third-order valence-corrected chi connectivity index (χ3v) is 3.33. The highest BCUT2D eigenvalue weighted by Crippen LogP contribution is 2.17. The molecule has 4 heteroatoms. The average Bonchev–Trinajstić information content (AvgIpc) is 2.49. The molecule has 0 bridgehead atoms. The van der Waals surface area contributed by atoms with E-state index in [0.29, 0.717) is 22.5 Å². The number of hydrogen-bond acceptors (Lipinski definition) is 3. The minimum atomic E-state index is 0.0263. The lowest BCUT2D eigenvalue weighted by Gasteiger charge is -2.04. The zero-order valence-corrected chi connectivity index (χ0v) is 11.3. The predicted octanol–water partition coefficient (Wildman–Crippen LogP) is 3.71. The Morgan fingerprint density at radius 1 is 1.00 bits per heavy atom. The lowest BCUT2D eigenvalue weighted by Crippen LogP contribution is -2.05. The normalized spacial score (nSPS) is 10.7. The second-order valence-electron chi connectivity index (χ2n) is 4.46. The number of aromatic nitrogens is 2. The molecule has 2 aromatic carbocycles. The first-order chi connectivity index (χ1) is 9.74. The summed E-state index contributed by atoms with van der Waals surface area (Å²) in [4.78, 5) is 20.9. The van der Waals surface area contributed by atoms with E-state index in [1.807, 2.05) is 24.3 Å². The van der Waals surface area contributed by atoms with Crippen LogP contribution >= 0.6 is 11.6 Å². The molecule has 1 aromatic heterocycles. The number of nitrogens with zero attached hydrogens (tertiary/aromatic N) is 2. The molecular weight excluding hydrogens is 272 g/mol. The van der Waals surface area contributed by atoms with Gasteiger partial charge in [0, 0.05) is 29.4 Å². The molecule has 0 aliphatic rings. The largest absolute Gasteiger partial charge is 0.294 e. The summed E-state index contributed by atoms with van der Waals surface area (Å²) in [5, 5.41) is 0.664. The van der Waals surface area contributed by atoms with Crippen molar-refractivity contribution in [3.8, 4) is 0 Å². The molecule has 0 amide bonds. The number of rotatable bonds is 3. The van der Waals surface area contributed by atoms with Gasteiger partial charge in [0.25, 0.3) is 0 Å². The quantitative estimate of drug-likeness (QED) is 0.688. The molecule has 0 saturated heterocycles. The number of hydrogen-bond donors (Lipinski definition) is 0. The van der Waals surface area contributed by atoms with Gasteiger partial charge in [0.15, 0.2) is 5.78 Å². The maximum absolute atomic E-state index is 12.4. The topological polar surface area (TPSA) is 42.9 Å². The zero-order valence-electron chi connectivity index (χ0n) is 10.6. The van der Waals surface area contributed by atoms with Crippen LogP contribution in [0.1, 0.15) is 15.9 Å². The van der Waals surface area contributed by atoms with Crippen LogP contribution in [0.15, 0.2) is 54.9 Å². The Morgan fingerprint density at radius 3 is 2.55 bits per heavy atom. The second-order valence-corrected chi connectivity index (χ2v) is 4.89. The number of halogens is 1. The molecule has 0 aliphatic carbocycles. The summed E-state index contributed by atoms with van der Waals surface area (Å²) < 4.78 is 0. The molecule has 3 nitrogen and oxygen atoms in total. The van der Waals surface area contributed by atoms with Gasteiger partial charge in [-0.2, -0.15) is 0 Å². The van der Waals surface area contributed by atoms with Crippen molar-refractivity contribution >= 4 is 28.4 Å². The third kappa shape index (κ3) is 2.53. The minimum absolute atomic E-state index is 0.0263. The van der Waals surface area contributed by atoms with Crippen molar-refractivity contribution < 1.29 is 4.79 Å². The maximum atomic E-state index is 12.4. The number of fused-ring (bicyclic) bond motifs is 1. The molecule has 0 radical (unpaired) electrons. The Kier molecular flexibility index (Phi) is 3.44. The van der Waals surface area contributed by atoms with Crippen LogP contribution in [0.2, 0.25) is 5.02 Å². The number of carbonyl (C=O) groups excluding carboxylic acids is 1. The Bertz CT molecular complexity index is 764. The van der Waals surface area contributed by atoms with Crippen molar-refractivity contribution in [2.24, 2.45) is 0 Å². The highest BCUT2D eigenvalue weighted by molar-refractivity contribution is 6.30. The van der Waals surface area contributed by atoms with Crippen molar-refractivity contribution in [3.05, 3.63) is 71.0 Å². The van der Waals surface area contributed by atoms with Crippen LogP contribution in [-0.4, -0.2) is 15.8 Å². The Morgan fingerprint density at radius 2 is 1.75 bits per heavy atom. The van der Waals surface area contributed by atoms with Gasteiger partial charge in [-0.05, 0) is 29.8 Å². The zero-order chi connectivity index (χ0) is 13.9. The molecule has 0 spiro atoms. The van der Waals surface area contributed by atoms with Crippen LogP contribution in [0.3, 0.4) is 0 Å². The van der Waals surface area contributed by atoms with Gasteiger partial charge in [0.1, 0.15) is 0 Å². The molecule has 1 heterocycles. The smallest absolute Gasteiger partial charge is 0.169 e. The van der Waals surface area contributed by atoms with Crippen molar-refractivity contribution in [1.82, 2.24) is 9.97 Å². The molecule has 0 fully saturated rings. The molecule has 0 atom stereocenters. The fraction of sp³-hybridized carbons (Fsp3) is 0.0625. The lowest BCUT2D eigenvalue weighted by atomic mass is 10.0. The standard InChI is InChI=1S/C16H11ClN2O/c17-12-6-4-11(5-7-12)10-15(20)13-2-1-3-14-16(13)19-9-8-18-14/h1-9H,10H2. The summed E-state index contributed by atoms with van der Waals surface area (Å²) in [5.41, 5.74) is 2.91. The number of carbonyl (C=O) groups is 1. The Balaban J connectivity index is 1.94. The highest BCUT2D eigenvalue weighted by atomic mass is 35.5. The van der Waals surface area contributed by atoms with Gasteiger partial charge in [0.05, 0.1) is 11.0 Å². The molecule has 3 rings (SSSR count). The number of Topliss-reactive ketones (excluding diaryl/α,β-unsaturated/α-hetero) is 1. The molecule has 0 N–H and O–H groups in total. The average molecular weight is 283 g/mol. The summed E-state index contributed by atoms with van der Waals surface area (Å²) in [6.45, 7) is 0. The Hall–Kier alpha value is -2.26. The van der Waals surface area contributed by atoms with Gasteiger partial charge in [-0.25, -0.2) is 0 Å². The summed E-state index contributed by atoms with van der Waals surface area (Å²) in [7, 11) is 0. The van der Waals surface area contributed by atoms with Gasteiger partial charge in [0.2, 0.25) is 0 Å². The van der Waals surface area contributed by atoms with E-state index in [1.54, 1.807) is 30.6 Å². The van der Waals surface area contributed by atoms with E-state index in [1.165, 1.54) is 0 Å². The summed E-state index contributed by atoms with van der Waals surface area (Å²) in [6, 6.07) is 12.7.